The number of benzene rings is 1. The van der Waals surface area contributed by atoms with Crippen molar-refractivity contribution in [1.29, 1.82) is 0 Å². The molecule has 1 N–H and O–H groups in total. The highest BCUT2D eigenvalue weighted by Gasteiger charge is 2.15. The lowest BCUT2D eigenvalue weighted by molar-refractivity contribution is -0.128. The molecule has 0 radical (unpaired) electrons. The van der Waals surface area contributed by atoms with Crippen LogP contribution in [0.4, 0.5) is 5.69 Å². The Hall–Kier alpha value is -1.16. The number of rotatable bonds is 5. The summed E-state index contributed by atoms with van der Waals surface area (Å²) < 4.78 is 0. The van der Waals surface area contributed by atoms with E-state index in [9.17, 15) is 4.79 Å². The van der Waals surface area contributed by atoms with Gasteiger partial charge in [0, 0.05) is 32.7 Å². The van der Waals surface area contributed by atoms with Crippen LogP contribution in [0.3, 0.4) is 0 Å². The van der Waals surface area contributed by atoms with E-state index in [4.69, 9.17) is 0 Å². The van der Waals surface area contributed by atoms with Crippen LogP contribution in [0.5, 0.6) is 0 Å². The molecule has 19 heavy (non-hydrogen) atoms. The van der Waals surface area contributed by atoms with E-state index < -0.39 is 0 Å². The summed E-state index contributed by atoms with van der Waals surface area (Å²) in [6.07, 6.45) is 1.31. The Balaban J connectivity index is 1.96. The SMILES string of the molecule is CC(=O)N(C)Cc1ccccc1NCC1CCSC1. The van der Waals surface area contributed by atoms with E-state index >= 15 is 0 Å². The van der Waals surface area contributed by atoms with Gasteiger partial charge in [0.2, 0.25) is 5.91 Å². The van der Waals surface area contributed by atoms with E-state index in [0.717, 1.165) is 18.2 Å². The molecule has 1 heterocycles. The topological polar surface area (TPSA) is 32.3 Å². The van der Waals surface area contributed by atoms with Gasteiger partial charge in [0.1, 0.15) is 0 Å². The molecule has 1 atom stereocenters. The number of carbonyl (C=O) groups is 1. The van der Waals surface area contributed by atoms with Crippen molar-refractivity contribution in [3.8, 4) is 0 Å². The zero-order chi connectivity index (χ0) is 13.7. The van der Waals surface area contributed by atoms with Crippen molar-refractivity contribution in [3.05, 3.63) is 29.8 Å². The quantitative estimate of drug-likeness (QED) is 0.899. The zero-order valence-corrected chi connectivity index (χ0v) is 12.5. The second-order valence-electron chi connectivity index (χ2n) is 5.14. The third-order valence-corrected chi connectivity index (χ3v) is 4.80. The number of anilines is 1. The number of nitrogens with zero attached hydrogens (tertiary/aromatic N) is 1. The van der Waals surface area contributed by atoms with Crippen molar-refractivity contribution in [2.75, 3.05) is 30.4 Å². The van der Waals surface area contributed by atoms with Crippen LogP contribution < -0.4 is 5.32 Å². The molecule has 2 rings (SSSR count). The van der Waals surface area contributed by atoms with Gasteiger partial charge in [0.05, 0.1) is 0 Å². The molecule has 4 heteroatoms. The largest absolute Gasteiger partial charge is 0.384 e. The van der Waals surface area contributed by atoms with Crippen molar-refractivity contribution in [1.82, 2.24) is 4.90 Å². The van der Waals surface area contributed by atoms with Crippen LogP contribution in [0.1, 0.15) is 18.9 Å². The summed E-state index contributed by atoms with van der Waals surface area (Å²) in [5, 5.41) is 3.55. The maximum Gasteiger partial charge on any atom is 0.219 e. The predicted molar refractivity (Wildman–Crippen MR) is 82.5 cm³/mol. The third kappa shape index (κ3) is 4.16. The Labute approximate surface area is 119 Å². The molecule has 0 bridgehead atoms. The van der Waals surface area contributed by atoms with Crippen LogP contribution in [0.15, 0.2) is 24.3 Å². The highest BCUT2D eigenvalue weighted by Crippen LogP contribution is 2.24. The predicted octanol–water partition coefficient (Wildman–Crippen LogP) is 2.83. The minimum absolute atomic E-state index is 0.0991. The van der Waals surface area contributed by atoms with Gasteiger partial charge < -0.3 is 10.2 Å². The lowest BCUT2D eigenvalue weighted by atomic mass is 10.1. The van der Waals surface area contributed by atoms with E-state index in [2.05, 4.69) is 17.4 Å². The highest BCUT2D eigenvalue weighted by molar-refractivity contribution is 7.99. The second kappa shape index (κ2) is 6.85. The average Bonchev–Trinajstić information content (AvgIpc) is 2.90. The molecular formula is C15H22N2OS. The van der Waals surface area contributed by atoms with Gasteiger partial charge in [-0.1, -0.05) is 18.2 Å². The smallest absolute Gasteiger partial charge is 0.219 e. The lowest BCUT2D eigenvalue weighted by Gasteiger charge is -2.19. The molecule has 0 saturated carbocycles. The van der Waals surface area contributed by atoms with Gasteiger partial charge in [-0.25, -0.2) is 0 Å². The molecule has 1 aliphatic rings. The van der Waals surface area contributed by atoms with Crippen molar-refractivity contribution < 1.29 is 4.79 Å². The molecule has 3 nitrogen and oxygen atoms in total. The van der Waals surface area contributed by atoms with Gasteiger partial charge in [-0.2, -0.15) is 11.8 Å². The van der Waals surface area contributed by atoms with Crippen LogP contribution in [-0.2, 0) is 11.3 Å². The van der Waals surface area contributed by atoms with E-state index in [-0.39, 0.29) is 5.91 Å². The first-order valence-electron chi connectivity index (χ1n) is 6.78. The molecule has 0 aliphatic carbocycles. The van der Waals surface area contributed by atoms with Gasteiger partial charge >= 0.3 is 0 Å². The molecule has 1 aromatic rings. The number of thioether (sulfide) groups is 1. The number of carbonyl (C=O) groups excluding carboxylic acids is 1. The van der Waals surface area contributed by atoms with Crippen LogP contribution in [0, 0.1) is 5.92 Å². The van der Waals surface area contributed by atoms with Crippen LogP contribution in [0.25, 0.3) is 0 Å². The highest BCUT2D eigenvalue weighted by atomic mass is 32.2. The molecule has 1 saturated heterocycles. The van der Waals surface area contributed by atoms with Crippen molar-refractivity contribution in [2.24, 2.45) is 5.92 Å². The van der Waals surface area contributed by atoms with Crippen molar-refractivity contribution in [3.63, 3.8) is 0 Å². The Morgan fingerprint density at radius 2 is 2.26 bits per heavy atom. The first kappa shape index (κ1) is 14.3. The van der Waals surface area contributed by atoms with Gasteiger partial charge in [0.25, 0.3) is 0 Å². The van der Waals surface area contributed by atoms with Crippen LogP contribution in [-0.4, -0.2) is 35.9 Å². The maximum absolute atomic E-state index is 11.3. The fraction of sp³-hybridized carbons (Fsp3) is 0.533. The Morgan fingerprint density at radius 3 is 2.95 bits per heavy atom. The number of hydrogen-bond donors (Lipinski definition) is 1. The first-order valence-corrected chi connectivity index (χ1v) is 7.93. The summed E-state index contributed by atoms with van der Waals surface area (Å²) in [7, 11) is 1.84. The number of nitrogens with one attached hydrogen (secondary N) is 1. The minimum Gasteiger partial charge on any atom is -0.384 e. The monoisotopic (exact) mass is 278 g/mol. The normalized spacial score (nSPS) is 18.3. The van der Waals surface area contributed by atoms with E-state index in [1.165, 1.54) is 23.5 Å². The molecule has 0 spiro atoms. The molecule has 1 aliphatic heterocycles. The Morgan fingerprint density at radius 1 is 1.47 bits per heavy atom. The number of hydrogen-bond acceptors (Lipinski definition) is 3. The molecule has 0 aromatic heterocycles. The minimum atomic E-state index is 0.0991. The fourth-order valence-corrected chi connectivity index (χ4v) is 3.48. The van der Waals surface area contributed by atoms with E-state index in [1.807, 2.05) is 30.9 Å². The zero-order valence-electron chi connectivity index (χ0n) is 11.7. The third-order valence-electron chi connectivity index (χ3n) is 3.57. The van der Waals surface area contributed by atoms with Crippen molar-refractivity contribution in [2.45, 2.75) is 19.9 Å². The van der Waals surface area contributed by atoms with E-state index in [0.29, 0.717) is 6.54 Å². The summed E-state index contributed by atoms with van der Waals surface area (Å²) in [6.45, 7) is 3.30. The summed E-state index contributed by atoms with van der Waals surface area (Å²) in [6, 6.07) is 8.26. The molecule has 1 aromatic carbocycles. The molecule has 1 unspecified atom stereocenters. The van der Waals surface area contributed by atoms with Gasteiger partial charge in [-0.05, 0) is 35.5 Å². The molecule has 1 amide bonds. The molecule has 1 fully saturated rings. The summed E-state index contributed by atoms with van der Waals surface area (Å²) in [4.78, 5) is 13.1. The van der Waals surface area contributed by atoms with Crippen LogP contribution in [0.2, 0.25) is 0 Å². The standard InChI is InChI=1S/C15H22N2OS/c1-12(18)17(2)10-14-5-3-4-6-15(14)16-9-13-7-8-19-11-13/h3-6,13,16H,7-11H2,1-2H3. The summed E-state index contributed by atoms with van der Waals surface area (Å²) >= 11 is 2.04. The lowest BCUT2D eigenvalue weighted by Crippen LogP contribution is -2.24. The molecular weight excluding hydrogens is 256 g/mol. The van der Waals surface area contributed by atoms with Gasteiger partial charge in [-0.3, -0.25) is 4.79 Å². The number of amides is 1. The fourth-order valence-electron chi connectivity index (χ4n) is 2.20. The first-order chi connectivity index (χ1) is 9.16. The maximum atomic E-state index is 11.3. The second-order valence-corrected chi connectivity index (χ2v) is 6.29. The van der Waals surface area contributed by atoms with E-state index in [1.54, 1.807) is 11.8 Å². The summed E-state index contributed by atoms with van der Waals surface area (Å²) in [5.74, 6) is 3.44. The molecule has 104 valence electrons. The average molecular weight is 278 g/mol. The van der Waals surface area contributed by atoms with Gasteiger partial charge in [-0.15, -0.1) is 0 Å². The summed E-state index contributed by atoms with van der Waals surface area (Å²) in [5.41, 5.74) is 2.35. The van der Waals surface area contributed by atoms with Gasteiger partial charge in [0.15, 0.2) is 0 Å². The van der Waals surface area contributed by atoms with Crippen molar-refractivity contribution >= 4 is 23.4 Å². The van der Waals surface area contributed by atoms with Crippen LogP contribution >= 0.6 is 11.8 Å². The Kier molecular flexibility index (Phi) is 5.14. The number of para-hydroxylation sites is 1. The Bertz CT molecular complexity index is 430.